The number of carbonyl (C=O) groups is 3. The highest BCUT2D eigenvalue weighted by Gasteiger charge is 2.10. The number of nitrogens with one attached hydrogen (secondary N) is 2. The van der Waals surface area contributed by atoms with Crippen LogP contribution in [0, 0.1) is 0 Å². The van der Waals surface area contributed by atoms with Gasteiger partial charge in [0.05, 0.1) is 0 Å². The smallest absolute Gasteiger partial charge is 0.269 e. The van der Waals surface area contributed by atoms with Crippen molar-refractivity contribution >= 4 is 17.6 Å². The van der Waals surface area contributed by atoms with Crippen molar-refractivity contribution in [1.82, 2.24) is 10.9 Å². The Morgan fingerprint density at radius 3 is 2.08 bits per heavy atom. The highest BCUT2D eigenvalue weighted by atomic mass is 16.2. The second kappa shape index (κ2) is 8.62. The van der Waals surface area contributed by atoms with E-state index in [1.54, 1.807) is 36.4 Å². The molecule has 0 atom stereocenters. The fourth-order valence-electron chi connectivity index (χ4n) is 2.15. The monoisotopic (exact) mass is 324 g/mol. The molecule has 2 amide bonds. The van der Waals surface area contributed by atoms with Crippen LogP contribution in [0.4, 0.5) is 0 Å². The summed E-state index contributed by atoms with van der Waals surface area (Å²) in [5.74, 6) is -0.898. The number of hydrazine groups is 1. The highest BCUT2D eigenvalue weighted by molar-refractivity contribution is 5.98. The van der Waals surface area contributed by atoms with Crippen molar-refractivity contribution in [1.29, 1.82) is 0 Å². The summed E-state index contributed by atoms with van der Waals surface area (Å²) in [5.41, 5.74) is 6.85. The molecular formula is C19H20N2O3. The van der Waals surface area contributed by atoms with E-state index in [9.17, 15) is 14.4 Å². The fourth-order valence-corrected chi connectivity index (χ4v) is 2.15. The van der Waals surface area contributed by atoms with Crippen molar-refractivity contribution in [2.75, 3.05) is 0 Å². The Balaban J connectivity index is 1.76. The number of Topliss-reactive ketones (excluding diaryl/α,β-unsaturated/α-hetero) is 1. The number of hydrogen-bond donors (Lipinski definition) is 2. The second-order valence-corrected chi connectivity index (χ2v) is 5.34. The largest absolute Gasteiger partial charge is 0.294 e. The lowest BCUT2D eigenvalue weighted by molar-refractivity contribution is -0.121. The van der Waals surface area contributed by atoms with Gasteiger partial charge in [-0.25, -0.2) is 0 Å². The van der Waals surface area contributed by atoms with E-state index in [1.165, 1.54) is 0 Å². The number of carbonyl (C=O) groups excluding carboxylic acids is 3. The molecule has 2 aromatic carbocycles. The quantitative estimate of drug-likeness (QED) is 0.633. The van der Waals surface area contributed by atoms with Crippen LogP contribution in [0.5, 0.6) is 0 Å². The zero-order chi connectivity index (χ0) is 17.4. The first-order chi connectivity index (χ1) is 11.6. The number of rotatable bonds is 6. The molecule has 0 aliphatic rings. The van der Waals surface area contributed by atoms with Gasteiger partial charge in [-0.3, -0.25) is 25.2 Å². The van der Waals surface area contributed by atoms with Crippen molar-refractivity contribution in [2.24, 2.45) is 0 Å². The zero-order valence-electron chi connectivity index (χ0n) is 13.5. The lowest BCUT2D eigenvalue weighted by Gasteiger charge is -2.07. The minimum absolute atomic E-state index is 0.0166. The van der Waals surface area contributed by atoms with Crippen LogP contribution in [0.25, 0.3) is 0 Å². The molecular weight excluding hydrogens is 304 g/mol. The minimum atomic E-state index is -0.405. The molecule has 0 saturated heterocycles. The van der Waals surface area contributed by atoms with Gasteiger partial charge in [-0.2, -0.15) is 0 Å². The van der Waals surface area contributed by atoms with Crippen LogP contribution in [-0.2, 0) is 11.2 Å². The predicted octanol–water partition coefficient (Wildman–Crippen LogP) is 2.67. The summed E-state index contributed by atoms with van der Waals surface area (Å²) in [6.07, 6.45) is 1.01. The van der Waals surface area contributed by atoms with E-state index in [2.05, 4.69) is 10.9 Å². The van der Waals surface area contributed by atoms with Crippen LogP contribution < -0.4 is 10.9 Å². The van der Waals surface area contributed by atoms with Gasteiger partial charge in [-0.1, -0.05) is 49.4 Å². The summed E-state index contributed by atoms with van der Waals surface area (Å²) in [6, 6.07) is 16.0. The van der Waals surface area contributed by atoms with E-state index < -0.39 is 5.91 Å². The number of aryl methyl sites for hydroxylation is 1. The van der Waals surface area contributed by atoms with Crippen molar-refractivity contribution < 1.29 is 14.4 Å². The molecule has 124 valence electrons. The van der Waals surface area contributed by atoms with Gasteiger partial charge >= 0.3 is 0 Å². The standard InChI is InChI=1S/C19H20N2O3/c1-2-14-8-10-16(11-9-14)19(24)21-20-18(23)13-12-17(22)15-6-4-3-5-7-15/h3-11H,2,12-13H2,1H3,(H,20,23)(H,21,24). The number of ketones is 1. The normalized spacial score (nSPS) is 10.0. The van der Waals surface area contributed by atoms with Gasteiger partial charge in [-0.05, 0) is 24.1 Å². The second-order valence-electron chi connectivity index (χ2n) is 5.34. The Kier molecular flexibility index (Phi) is 6.25. The van der Waals surface area contributed by atoms with E-state index in [1.807, 2.05) is 25.1 Å². The Bertz CT molecular complexity index is 709. The molecule has 0 aliphatic carbocycles. The molecule has 0 aromatic heterocycles. The van der Waals surface area contributed by atoms with Crippen molar-refractivity contribution in [3.63, 3.8) is 0 Å². The average molecular weight is 324 g/mol. The van der Waals surface area contributed by atoms with E-state index in [-0.39, 0.29) is 24.5 Å². The first-order valence-corrected chi connectivity index (χ1v) is 7.86. The van der Waals surface area contributed by atoms with E-state index in [0.717, 1.165) is 12.0 Å². The maximum absolute atomic E-state index is 11.9. The van der Waals surface area contributed by atoms with Gasteiger partial charge in [0.15, 0.2) is 5.78 Å². The SMILES string of the molecule is CCc1ccc(C(=O)NNC(=O)CCC(=O)c2ccccc2)cc1. The third-order valence-electron chi connectivity index (χ3n) is 3.61. The summed E-state index contributed by atoms with van der Waals surface area (Å²) < 4.78 is 0. The molecule has 0 heterocycles. The summed E-state index contributed by atoms with van der Waals surface area (Å²) in [4.78, 5) is 35.6. The van der Waals surface area contributed by atoms with Crippen LogP contribution in [0.3, 0.4) is 0 Å². The summed E-state index contributed by atoms with van der Waals surface area (Å²) >= 11 is 0. The molecule has 5 heteroatoms. The molecule has 2 N–H and O–H groups in total. The molecule has 0 fully saturated rings. The van der Waals surface area contributed by atoms with E-state index >= 15 is 0 Å². The molecule has 0 radical (unpaired) electrons. The fraction of sp³-hybridized carbons (Fsp3) is 0.211. The van der Waals surface area contributed by atoms with Crippen LogP contribution >= 0.6 is 0 Å². The number of hydrogen-bond acceptors (Lipinski definition) is 3. The molecule has 2 aromatic rings. The summed E-state index contributed by atoms with van der Waals surface area (Å²) in [5, 5.41) is 0. The molecule has 2 rings (SSSR count). The molecule has 0 aliphatic heterocycles. The first kappa shape index (κ1) is 17.4. The van der Waals surface area contributed by atoms with Crippen LogP contribution in [-0.4, -0.2) is 17.6 Å². The van der Waals surface area contributed by atoms with E-state index in [4.69, 9.17) is 0 Å². The lowest BCUT2D eigenvalue weighted by atomic mass is 10.1. The Morgan fingerprint density at radius 2 is 1.46 bits per heavy atom. The molecule has 0 saturated carbocycles. The lowest BCUT2D eigenvalue weighted by Crippen LogP contribution is -2.41. The van der Waals surface area contributed by atoms with Crippen LogP contribution in [0.1, 0.15) is 46.0 Å². The minimum Gasteiger partial charge on any atom is -0.294 e. The van der Waals surface area contributed by atoms with Crippen molar-refractivity contribution in [3.8, 4) is 0 Å². The van der Waals surface area contributed by atoms with Crippen molar-refractivity contribution in [2.45, 2.75) is 26.2 Å². The third-order valence-corrected chi connectivity index (χ3v) is 3.61. The maximum Gasteiger partial charge on any atom is 0.269 e. The predicted molar refractivity (Wildman–Crippen MR) is 91.4 cm³/mol. The molecule has 5 nitrogen and oxygen atoms in total. The Hall–Kier alpha value is -2.95. The van der Waals surface area contributed by atoms with Crippen LogP contribution in [0.15, 0.2) is 54.6 Å². The molecule has 0 bridgehead atoms. The molecule has 24 heavy (non-hydrogen) atoms. The van der Waals surface area contributed by atoms with Gasteiger partial charge in [0, 0.05) is 24.0 Å². The molecule has 0 spiro atoms. The Labute approximate surface area is 141 Å². The van der Waals surface area contributed by atoms with Gasteiger partial charge in [-0.15, -0.1) is 0 Å². The first-order valence-electron chi connectivity index (χ1n) is 7.86. The summed E-state index contributed by atoms with van der Waals surface area (Å²) in [6.45, 7) is 2.03. The van der Waals surface area contributed by atoms with E-state index in [0.29, 0.717) is 11.1 Å². The van der Waals surface area contributed by atoms with Gasteiger partial charge in [0.2, 0.25) is 5.91 Å². The van der Waals surface area contributed by atoms with Crippen molar-refractivity contribution in [3.05, 3.63) is 71.3 Å². The summed E-state index contributed by atoms with van der Waals surface area (Å²) in [7, 11) is 0. The van der Waals surface area contributed by atoms with Gasteiger partial charge < -0.3 is 0 Å². The number of amides is 2. The third kappa shape index (κ3) is 5.05. The maximum atomic E-state index is 11.9. The van der Waals surface area contributed by atoms with Gasteiger partial charge in [0.25, 0.3) is 5.91 Å². The topological polar surface area (TPSA) is 75.3 Å². The van der Waals surface area contributed by atoms with Crippen LogP contribution in [0.2, 0.25) is 0 Å². The molecule has 0 unspecified atom stereocenters. The zero-order valence-corrected chi connectivity index (χ0v) is 13.5. The average Bonchev–Trinajstić information content (AvgIpc) is 2.64. The highest BCUT2D eigenvalue weighted by Crippen LogP contribution is 2.06. The Morgan fingerprint density at radius 1 is 0.792 bits per heavy atom. The van der Waals surface area contributed by atoms with Gasteiger partial charge in [0.1, 0.15) is 0 Å². The number of benzene rings is 2.